The molecule has 2 amide bonds. The second-order valence-electron chi connectivity index (χ2n) is 21.5. The number of methoxy groups -OCH3 is 1. The fourth-order valence-electron chi connectivity index (χ4n) is 9.95. The average molecular weight is 1140 g/mol. The lowest BCUT2D eigenvalue weighted by molar-refractivity contribution is -0.153. The standard InChI is InChI=1S/C67H65N5O7S2Si/c1-65(2,3)82(5,6)78-43-25-26-48-45-80-62-58(61(74)72(62)59(48)63(75)77-44-47-39-41-55(76-4)42-40-47)69-60(73)57(71-79-67(52-33-19-10-20-34-52,53-35-21-11-22-36-53)54-37-23-12-24-38-54)56-46-81-64(68-56)70-66(49-27-13-7-14-28-49,50-29-15-8-16-30-50)51-31-17-9-18-32-51/h7-42,46,58,62H,43-45H2,1-6H3,(H,68,70)(H,69,73)/b26-25-,71-57-/t58?,62-/m1/s1. The number of oxime groups is 1. The monoisotopic (exact) mass is 1140 g/mol. The number of thiazole rings is 1. The van der Waals surface area contributed by atoms with Gasteiger partial charge in [-0.1, -0.05) is 232 Å². The predicted octanol–water partition coefficient (Wildman–Crippen LogP) is 13.2. The minimum Gasteiger partial charge on any atom is -0.497 e. The molecule has 10 rings (SSSR count). The third kappa shape index (κ3) is 11.7. The highest BCUT2D eigenvalue weighted by molar-refractivity contribution is 8.00. The van der Waals surface area contributed by atoms with Crippen molar-refractivity contribution in [2.24, 2.45) is 5.16 Å². The Morgan fingerprint density at radius 1 is 0.707 bits per heavy atom. The first-order chi connectivity index (χ1) is 39.7. The topological polar surface area (TPSA) is 141 Å². The number of thioether (sulfide) groups is 1. The molecule has 1 unspecified atom stereocenters. The Hall–Kier alpha value is -8.34. The van der Waals surface area contributed by atoms with Crippen molar-refractivity contribution in [3.05, 3.63) is 280 Å². The van der Waals surface area contributed by atoms with Crippen molar-refractivity contribution in [1.29, 1.82) is 0 Å². The molecule has 8 aromatic rings. The van der Waals surface area contributed by atoms with Crippen molar-refractivity contribution >= 4 is 60.0 Å². The van der Waals surface area contributed by atoms with Crippen LogP contribution >= 0.6 is 23.1 Å². The van der Waals surface area contributed by atoms with Crippen LogP contribution in [0.25, 0.3) is 0 Å². The fourth-order valence-corrected chi connectivity index (χ4v) is 13.0. The third-order valence-corrected chi connectivity index (χ3v) is 21.9. The van der Waals surface area contributed by atoms with Gasteiger partial charge in [0.15, 0.2) is 19.2 Å². The zero-order valence-corrected chi connectivity index (χ0v) is 49.3. The van der Waals surface area contributed by atoms with Crippen LogP contribution in [0.5, 0.6) is 5.75 Å². The average Bonchev–Trinajstić information content (AvgIpc) is 3.54. The fraction of sp³-hybridized carbons (Fsp3) is 0.209. The predicted molar refractivity (Wildman–Crippen MR) is 329 cm³/mol. The molecule has 15 heteroatoms. The van der Waals surface area contributed by atoms with Crippen LogP contribution in [0.2, 0.25) is 18.1 Å². The van der Waals surface area contributed by atoms with Gasteiger partial charge < -0.3 is 29.4 Å². The van der Waals surface area contributed by atoms with Crippen LogP contribution < -0.4 is 15.4 Å². The highest BCUT2D eigenvalue weighted by atomic mass is 32.2. The Balaban J connectivity index is 1.03. The smallest absolute Gasteiger partial charge is 0.355 e. The maximum atomic E-state index is 15.5. The Kier molecular flexibility index (Phi) is 17.2. The number of allylic oxidation sites excluding steroid dienone is 1. The first kappa shape index (κ1) is 56.9. The van der Waals surface area contributed by atoms with Gasteiger partial charge in [-0.25, -0.2) is 9.78 Å². The first-order valence-electron chi connectivity index (χ1n) is 27.2. The molecule has 12 nitrogen and oxygen atoms in total. The van der Waals surface area contributed by atoms with Gasteiger partial charge in [0.2, 0.25) is 5.60 Å². The maximum Gasteiger partial charge on any atom is 0.355 e. The Bertz CT molecular complexity index is 3390. The number of carbonyl (C=O) groups excluding carboxylic acids is 3. The highest BCUT2D eigenvalue weighted by Gasteiger charge is 2.55. The van der Waals surface area contributed by atoms with Crippen molar-refractivity contribution in [1.82, 2.24) is 15.2 Å². The number of esters is 1. The van der Waals surface area contributed by atoms with Crippen LogP contribution in [-0.2, 0) is 46.1 Å². The number of rotatable bonds is 21. The summed E-state index contributed by atoms with van der Waals surface area (Å²) in [5.41, 5.74) is 4.34. The van der Waals surface area contributed by atoms with E-state index in [0.29, 0.717) is 28.8 Å². The van der Waals surface area contributed by atoms with Crippen LogP contribution in [0.1, 0.15) is 65.4 Å². The van der Waals surface area contributed by atoms with E-state index in [-0.39, 0.29) is 28.7 Å². The molecule has 0 radical (unpaired) electrons. The van der Waals surface area contributed by atoms with E-state index in [1.54, 1.807) is 24.6 Å². The van der Waals surface area contributed by atoms with E-state index >= 15 is 4.79 Å². The van der Waals surface area contributed by atoms with Gasteiger partial charge in [-0.2, -0.15) is 0 Å². The number of anilines is 1. The molecule has 0 aliphatic carbocycles. The van der Waals surface area contributed by atoms with E-state index in [1.165, 1.54) is 28.0 Å². The normalized spacial score (nSPS) is 15.8. The highest BCUT2D eigenvalue weighted by Crippen LogP contribution is 2.45. The molecule has 416 valence electrons. The molecule has 0 spiro atoms. The number of nitrogens with zero attached hydrogens (tertiary/aromatic N) is 3. The maximum absolute atomic E-state index is 15.5. The van der Waals surface area contributed by atoms with Gasteiger partial charge in [0, 0.05) is 27.8 Å². The number of amides is 2. The number of ether oxygens (including phenoxy) is 2. The summed E-state index contributed by atoms with van der Waals surface area (Å²) < 4.78 is 17.7. The second-order valence-corrected chi connectivity index (χ2v) is 28.2. The molecule has 0 bridgehead atoms. The van der Waals surface area contributed by atoms with Gasteiger partial charge in [0.1, 0.15) is 40.7 Å². The lowest BCUT2D eigenvalue weighted by Crippen LogP contribution is -2.71. The van der Waals surface area contributed by atoms with Gasteiger partial charge in [-0.3, -0.25) is 14.5 Å². The lowest BCUT2D eigenvalue weighted by Gasteiger charge is -2.49. The number of carbonyl (C=O) groups is 3. The quantitative estimate of drug-likeness (QED) is 0.0178. The summed E-state index contributed by atoms with van der Waals surface area (Å²) in [5, 5.41) is 13.4. The van der Waals surface area contributed by atoms with E-state index in [9.17, 15) is 9.59 Å². The van der Waals surface area contributed by atoms with E-state index in [0.717, 1.165) is 38.9 Å². The van der Waals surface area contributed by atoms with Gasteiger partial charge in [0.05, 0.1) is 13.7 Å². The van der Waals surface area contributed by atoms with Crippen LogP contribution in [0.3, 0.4) is 0 Å². The summed E-state index contributed by atoms with van der Waals surface area (Å²) in [7, 11) is -0.509. The van der Waals surface area contributed by atoms with E-state index in [1.807, 2.05) is 170 Å². The van der Waals surface area contributed by atoms with Crippen LogP contribution in [0.4, 0.5) is 5.13 Å². The summed E-state index contributed by atoms with van der Waals surface area (Å²) >= 11 is 2.75. The number of nitrogens with one attached hydrogen (secondary N) is 2. The van der Waals surface area contributed by atoms with Gasteiger partial charge in [0.25, 0.3) is 11.8 Å². The number of benzene rings is 7. The van der Waals surface area contributed by atoms with E-state index in [2.05, 4.69) is 80.9 Å². The number of hydrogen-bond acceptors (Lipinski definition) is 12. The molecule has 7 aromatic carbocycles. The molecule has 1 saturated heterocycles. The van der Waals surface area contributed by atoms with Crippen LogP contribution in [0, 0.1) is 0 Å². The van der Waals surface area contributed by atoms with Crippen molar-refractivity contribution < 1.29 is 33.1 Å². The van der Waals surface area contributed by atoms with E-state index < -0.39 is 48.7 Å². The van der Waals surface area contributed by atoms with Crippen LogP contribution in [0.15, 0.2) is 240 Å². The summed E-state index contributed by atoms with van der Waals surface area (Å²) in [6, 6.07) is 65.9. The van der Waals surface area contributed by atoms with E-state index in [4.69, 9.17) is 28.9 Å². The summed E-state index contributed by atoms with van der Waals surface area (Å²) in [5.74, 6) is -0.854. The molecule has 3 heterocycles. The zero-order chi connectivity index (χ0) is 57.3. The number of fused-ring (bicyclic) bond motifs is 1. The molecule has 82 heavy (non-hydrogen) atoms. The van der Waals surface area contributed by atoms with Gasteiger partial charge in [-0.05, 0) is 58.1 Å². The number of hydrogen-bond donors (Lipinski definition) is 2. The van der Waals surface area contributed by atoms with Crippen molar-refractivity contribution in [2.75, 3.05) is 24.8 Å². The molecule has 2 atom stereocenters. The summed E-state index contributed by atoms with van der Waals surface area (Å²) in [4.78, 5) is 58.3. The molecular weight excluding hydrogens is 1080 g/mol. The minimum atomic E-state index is -2.10. The van der Waals surface area contributed by atoms with Crippen LogP contribution in [-0.4, -0.2) is 72.6 Å². The summed E-state index contributed by atoms with van der Waals surface area (Å²) in [6.45, 7) is 11.2. The molecule has 2 aliphatic rings. The minimum absolute atomic E-state index is 0.00286. The first-order valence-corrected chi connectivity index (χ1v) is 32.0. The zero-order valence-electron chi connectivity index (χ0n) is 46.7. The molecule has 1 aromatic heterocycles. The molecule has 0 saturated carbocycles. The Morgan fingerprint density at radius 3 is 1.67 bits per heavy atom. The summed E-state index contributed by atoms with van der Waals surface area (Å²) in [6.07, 6.45) is 3.73. The van der Waals surface area contributed by atoms with Crippen molar-refractivity contribution in [3.8, 4) is 5.75 Å². The van der Waals surface area contributed by atoms with Crippen molar-refractivity contribution in [3.63, 3.8) is 0 Å². The Morgan fingerprint density at radius 2 is 1.20 bits per heavy atom. The molecule has 2 aliphatic heterocycles. The molecule has 2 N–H and O–H groups in total. The second kappa shape index (κ2) is 24.8. The lowest BCUT2D eigenvalue weighted by atomic mass is 9.77. The number of aromatic nitrogens is 1. The Labute approximate surface area is 489 Å². The van der Waals surface area contributed by atoms with Crippen molar-refractivity contribution in [2.45, 2.75) is 68.1 Å². The molecule has 1 fully saturated rings. The largest absolute Gasteiger partial charge is 0.497 e. The number of β-lactam (4-membered cyclic amide) rings is 1. The van der Waals surface area contributed by atoms with Gasteiger partial charge in [-0.15, -0.1) is 23.1 Å². The SMILES string of the molecule is COc1ccc(COC(=O)C2=C(/C=C\CO[Si](C)(C)C(C)(C)C)CS[C@@H]3C(NC(=O)/C(=N\OC(c4ccccc4)(c4ccccc4)c4ccccc4)c4csc(NC(c5ccccc5)(c5ccccc5)c5ccccc5)n4)C(=O)N23)cc1. The molecular formula is C67H65N5O7S2Si. The third-order valence-electron chi connectivity index (χ3n) is 15.4. The van der Waals surface area contributed by atoms with Gasteiger partial charge >= 0.3 is 5.97 Å².